The van der Waals surface area contributed by atoms with Gasteiger partial charge in [-0.15, -0.1) is 0 Å². The van der Waals surface area contributed by atoms with Gasteiger partial charge in [-0.25, -0.2) is 8.42 Å². The first-order chi connectivity index (χ1) is 13.8. The first-order valence-electron chi connectivity index (χ1n) is 10.2. The molecule has 156 valence electrons. The Kier molecular flexibility index (Phi) is 4.17. The number of amides is 1. The number of carbonyl (C=O) groups is 1. The van der Waals surface area contributed by atoms with Gasteiger partial charge in [0.05, 0.1) is 17.2 Å². The van der Waals surface area contributed by atoms with Gasteiger partial charge < -0.3 is 13.8 Å². The van der Waals surface area contributed by atoms with Gasteiger partial charge in [-0.2, -0.15) is 4.98 Å². The Morgan fingerprint density at radius 1 is 1.21 bits per heavy atom. The minimum atomic E-state index is -3.36. The van der Waals surface area contributed by atoms with Gasteiger partial charge in [0.1, 0.15) is 16.3 Å². The molecule has 1 unspecified atom stereocenters. The lowest BCUT2D eigenvalue weighted by molar-refractivity contribution is 0.0502. The zero-order chi connectivity index (χ0) is 20.4. The van der Waals surface area contributed by atoms with E-state index in [4.69, 9.17) is 8.94 Å². The van der Waals surface area contributed by atoms with Gasteiger partial charge in [0, 0.05) is 19.0 Å². The number of rotatable bonds is 3. The molecule has 0 radical (unpaired) electrons. The van der Waals surface area contributed by atoms with Gasteiger partial charge in [-0.3, -0.25) is 4.79 Å². The first kappa shape index (κ1) is 18.8. The standard InChI is InChI=1S/C20H25N3O5S/c1-12-9-15(13(2)27-12)19(24)23-10-20(11-23)16(7-8-29(20,25)26)18-21-17(22-28-18)14-5-3-4-6-14/h9,14,16H,3-8,10-11H2,1-2H3. The van der Waals surface area contributed by atoms with E-state index < -0.39 is 14.6 Å². The van der Waals surface area contributed by atoms with Gasteiger partial charge in [0.15, 0.2) is 15.7 Å². The topological polar surface area (TPSA) is 107 Å². The van der Waals surface area contributed by atoms with E-state index in [0.29, 0.717) is 41.1 Å². The molecule has 1 spiro atoms. The van der Waals surface area contributed by atoms with Crippen LogP contribution in [0.3, 0.4) is 0 Å². The molecular weight excluding hydrogens is 394 g/mol. The zero-order valence-electron chi connectivity index (χ0n) is 16.7. The van der Waals surface area contributed by atoms with Gasteiger partial charge in [0.2, 0.25) is 5.89 Å². The number of aryl methyl sites for hydroxylation is 2. The quantitative estimate of drug-likeness (QED) is 0.753. The number of sulfone groups is 1. The number of carbonyl (C=O) groups excluding carboxylic acids is 1. The molecule has 2 aromatic rings. The van der Waals surface area contributed by atoms with Crippen LogP contribution in [-0.2, 0) is 9.84 Å². The molecule has 1 aliphatic carbocycles. The number of hydrogen-bond acceptors (Lipinski definition) is 7. The maximum atomic E-state index is 12.9. The third kappa shape index (κ3) is 2.77. The smallest absolute Gasteiger partial charge is 0.257 e. The molecule has 0 aromatic carbocycles. The second kappa shape index (κ2) is 6.42. The molecule has 9 heteroatoms. The van der Waals surface area contributed by atoms with E-state index in [0.717, 1.165) is 12.8 Å². The molecule has 4 heterocycles. The fourth-order valence-electron chi connectivity index (χ4n) is 5.22. The number of furan rings is 1. The average Bonchev–Trinajstić information content (AvgIpc) is 3.38. The second-order valence-electron chi connectivity index (χ2n) is 8.69. The maximum absolute atomic E-state index is 12.9. The van der Waals surface area contributed by atoms with Crippen molar-refractivity contribution in [3.8, 4) is 0 Å². The maximum Gasteiger partial charge on any atom is 0.257 e. The van der Waals surface area contributed by atoms with Crippen LogP contribution >= 0.6 is 0 Å². The van der Waals surface area contributed by atoms with Crippen LogP contribution in [0.2, 0.25) is 0 Å². The molecule has 5 rings (SSSR count). The summed E-state index contributed by atoms with van der Waals surface area (Å²) in [5.41, 5.74) is 0.491. The van der Waals surface area contributed by atoms with Crippen LogP contribution in [0.1, 0.15) is 77.5 Å². The monoisotopic (exact) mass is 419 g/mol. The fraction of sp³-hybridized carbons (Fsp3) is 0.650. The molecule has 1 atom stereocenters. The van der Waals surface area contributed by atoms with E-state index in [1.54, 1.807) is 24.8 Å². The zero-order valence-corrected chi connectivity index (χ0v) is 17.5. The van der Waals surface area contributed by atoms with Crippen molar-refractivity contribution >= 4 is 15.7 Å². The summed E-state index contributed by atoms with van der Waals surface area (Å²) in [6.07, 6.45) is 4.90. The minimum absolute atomic E-state index is 0.0880. The fourth-order valence-corrected chi connectivity index (χ4v) is 7.53. The van der Waals surface area contributed by atoms with E-state index in [2.05, 4.69) is 10.1 Å². The number of aromatic nitrogens is 2. The van der Waals surface area contributed by atoms with E-state index >= 15 is 0 Å². The summed E-state index contributed by atoms with van der Waals surface area (Å²) < 4.78 is 35.9. The molecule has 0 bridgehead atoms. The molecular formula is C20H25N3O5S. The Labute approximate surface area is 169 Å². The lowest BCUT2D eigenvalue weighted by Crippen LogP contribution is -2.67. The predicted octanol–water partition coefficient (Wildman–Crippen LogP) is 2.73. The van der Waals surface area contributed by atoms with Crippen LogP contribution in [0, 0.1) is 13.8 Å². The molecule has 8 nitrogen and oxygen atoms in total. The third-order valence-electron chi connectivity index (χ3n) is 6.88. The summed E-state index contributed by atoms with van der Waals surface area (Å²) >= 11 is 0. The Bertz CT molecular complexity index is 1060. The van der Waals surface area contributed by atoms with Crippen LogP contribution in [0.4, 0.5) is 0 Å². The Morgan fingerprint density at radius 3 is 2.59 bits per heavy atom. The summed E-state index contributed by atoms with van der Waals surface area (Å²) in [6.45, 7) is 3.84. The largest absolute Gasteiger partial charge is 0.466 e. The minimum Gasteiger partial charge on any atom is -0.466 e. The molecule has 2 aromatic heterocycles. The van der Waals surface area contributed by atoms with Crippen molar-refractivity contribution < 1.29 is 22.2 Å². The predicted molar refractivity (Wildman–Crippen MR) is 103 cm³/mol. The van der Waals surface area contributed by atoms with E-state index in [1.165, 1.54) is 12.8 Å². The third-order valence-corrected chi connectivity index (χ3v) is 9.44. The highest BCUT2D eigenvalue weighted by Crippen LogP contribution is 2.50. The SMILES string of the molecule is Cc1cc(C(=O)N2CC3(C2)C(c2nc(C4CCCC4)no2)CCS3(=O)=O)c(C)o1. The highest BCUT2D eigenvalue weighted by molar-refractivity contribution is 7.93. The van der Waals surface area contributed by atoms with Crippen molar-refractivity contribution in [2.45, 2.75) is 62.5 Å². The van der Waals surface area contributed by atoms with E-state index in [9.17, 15) is 13.2 Å². The van der Waals surface area contributed by atoms with E-state index in [-0.39, 0.29) is 30.7 Å². The van der Waals surface area contributed by atoms with Crippen LogP contribution in [0.5, 0.6) is 0 Å². The van der Waals surface area contributed by atoms with Gasteiger partial charge in [0.25, 0.3) is 5.91 Å². The molecule has 1 saturated carbocycles. The molecule has 2 saturated heterocycles. The highest BCUT2D eigenvalue weighted by Gasteiger charge is 2.64. The van der Waals surface area contributed by atoms with Crippen LogP contribution < -0.4 is 0 Å². The van der Waals surface area contributed by atoms with Gasteiger partial charge in [-0.05, 0) is 39.2 Å². The molecule has 3 fully saturated rings. The summed E-state index contributed by atoms with van der Waals surface area (Å²) in [4.78, 5) is 19.0. The Hall–Kier alpha value is -2.16. The molecule has 0 N–H and O–H groups in total. The molecule has 1 amide bonds. The normalized spacial score (nSPS) is 25.6. The first-order valence-corrected chi connectivity index (χ1v) is 11.9. The summed E-state index contributed by atoms with van der Waals surface area (Å²) in [6, 6.07) is 1.70. The van der Waals surface area contributed by atoms with Crippen molar-refractivity contribution in [3.05, 3.63) is 34.9 Å². The summed E-state index contributed by atoms with van der Waals surface area (Å²) in [5.74, 6) is 2.19. The summed E-state index contributed by atoms with van der Waals surface area (Å²) in [5, 5.41) is 4.16. The van der Waals surface area contributed by atoms with Crippen molar-refractivity contribution in [1.29, 1.82) is 0 Å². The van der Waals surface area contributed by atoms with Crippen molar-refractivity contribution in [2.24, 2.45) is 0 Å². The van der Waals surface area contributed by atoms with Gasteiger partial charge in [-0.1, -0.05) is 18.0 Å². The van der Waals surface area contributed by atoms with E-state index in [1.807, 2.05) is 0 Å². The van der Waals surface area contributed by atoms with Crippen molar-refractivity contribution in [2.75, 3.05) is 18.8 Å². The highest BCUT2D eigenvalue weighted by atomic mass is 32.2. The Morgan fingerprint density at radius 2 is 1.93 bits per heavy atom. The van der Waals surface area contributed by atoms with Gasteiger partial charge >= 0.3 is 0 Å². The molecule has 2 aliphatic heterocycles. The molecule has 3 aliphatic rings. The number of nitrogens with zero attached hydrogens (tertiary/aromatic N) is 3. The number of likely N-dealkylation sites (tertiary alicyclic amines) is 1. The lowest BCUT2D eigenvalue weighted by atomic mass is 9.82. The van der Waals surface area contributed by atoms with Crippen LogP contribution in [-0.4, -0.2) is 53.0 Å². The lowest BCUT2D eigenvalue weighted by Gasteiger charge is -2.48. The van der Waals surface area contributed by atoms with Crippen LogP contribution in [0.15, 0.2) is 15.0 Å². The Balaban J connectivity index is 1.39. The van der Waals surface area contributed by atoms with Crippen molar-refractivity contribution in [3.63, 3.8) is 0 Å². The second-order valence-corrected chi connectivity index (χ2v) is 11.1. The summed E-state index contributed by atoms with van der Waals surface area (Å²) in [7, 11) is -3.36. The van der Waals surface area contributed by atoms with Crippen LogP contribution in [0.25, 0.3) is 0 Å². The average molecular weight is 420 g/mol. The molecule has 29 heavy (non-hydrogen) atoms. The van der Waals surface area contributed by atoms with Crippen molar-refractivity contribution in [1.82, 2.24) is 15.0 Å². The number of hydrogen-bond donors (Lipinski definition) is 0.